The molecule has 26 heavy (non-hydrogen) atoms. The monoisotopic (exact) mass is 390 g/mol. The number of carboxylic acid groups (broad SMARTS) is 1. The number of hydrogen-bond donors (Lipinski definition) is 1. The average molecular weight is 390 g/mol. The van der Waals surface area contributed by atoms with E-state index in [0.717, 1.165) is 13.2 Å². The van der Waals surface area contributed by atoms with E-state index in [1.165, 1.54) is 18.2 Å². The second-order valence-corrected chi connectivity index (χ2v) is 6.66. The maximum Gasteiger partial charge on any atom is 0.534 e. The van der Waals surface area contributed by atoms with Crippen molar-refractivity contribution in [2.75, 3.05) is 7.11 Å². The summed E-state index contributed by atoms with van der Waals surface area (Å²) in [5.41, 5.74) is -4.32. The molecule has 0 aliphatic heterocycles. The number of rotatable bonds is 6. The first kappa shape index (κ1) is 19.6. The predicted molar refractivity (Wildman–Crippen MR) is 85.4 cm³/mol. The van der Waals surface area contributed by atoms with Crippen LogP contribution >= 0.6 is 0 Å². The Morgan fingerprint density at radius 3 is 2.31 bits per heavy atom. The van der Waals surface area contributed by atoms with Gasteiger partial charge in [0.05, 0.1) is 13.5 Å². The van der Waals surface area contributed by atoms with Crippen molar-refractivity contribution in [3.05, 3.63) is 48.0 Å². The van der Waals surface area contributed by atoms with Gasteiger partial charge >= 0.3 is 21.6 Å². The highest BCUT2D eigenvalue weighted by atomic mass is 32.2. The van der Waals surface area contributed by atoms with Crippen molar-refractivity contribution >= 4 is 16.1 Å². The van der Waals surface area contributed by atoms with Gasteiger partial charge in [-0.1, -0.05) is 30.3 Å². The van der Waals surface area contributed by atoms with Crippen LogP contribution in [0.2, 0.25) is 0 Å². The van der Waals surface area contributed by atoms with Crippen LogP contribution < -0.4 is 8.92 Å². The summed E-state index contributed by atoms with van der Waals surface area (Å²) in [5, 5.41) is 8.83. The summed E-state index contributed by atoms with van der Waals surface area (Å²) in [6.45, 7) is 0. The molecule has 0 saturated carbocycles. The minimum atomic E-state index is -5.86. The topological polar surface area (TPSA) is 89.9 Å². The van der Waals surface area contributed by atoms with Crippen LogP contribution in [0.1, 0.15) is 5.56 Å². The van der Waals surface area contributed by atoms with Gasteiger partial charge < -0.3 is 14.0 Å². The minimum Gasteiger partial charge on any atom is -0.493 e. The third-order valence-electron chi connectivity index (χ3n) is 3.26. The van der Waals surface area contributed by atoms with E-state index in [2.05, 4.69) is 4.18 Å². The normalized spacial score (nSPS) is 11.8. The summed E-state index contributed by atoms with van der Waals surface area (Å²) in [4.78, 5) is 10.8. The number of carbonyl (C=O) groups is 1. The smallest absolute Gasteiger partial charge is 0.493 e. The Kier molecular flexibility index (Phi) is 5.45. The van der Waals surface area contributed by atoms with E-state index >= 15 is 0 Å². The van der Waals surface area contributed by atoms with Crippen LogP contribution in [0.25, 0.3) is 11.1 Å². The molecule has 0 atom stereocenters. The lowest BCUT2D eigenvalue weighted by molar-refractivity contribution is -0.136. The van der Waals surface area contributed by atoms with Gasteiger partial charge in [-0.2, -0.15) is 21.6 Å². The molecule has 0 saturated heterocycles. The molecule has 0 aliphatic carbocycles. The van der Waals surface area contributed by atoms with Gasteiger partial charge in [0.25, 0.3) is 0 Å². The second-order valence-electron chi connectivity index (χ2n) is 5.12. The molecule has 0 spiro atoms. The Morgan fingerprint density at radius 2 is 1.73 bits per heavy atom. The van der Waals surface area contributed by atoms with Gasteiger partial charge in [-0.15, -0.1) is 0 Å². The summed E-state index contributed by atoms with van der Waals surface area (Å²) < 4.78 is 69.1. The molecule has 0 heterocycles. The molecule has 0 unspecified atom stereocenters. The van der Waals surface area contributed by atoms with Crippen molar-refractivity contribution in [1.29, 1.82) is 0 Å². The summed E-state index contributed by atoms with van der Waals surface area (Å²) in [7, 11) is -4.72. The summed E-state index contributed by atoms with van der Waals surface area (Å²) in [6, 6.07) is 10.1. The Balaban J connectivity index is 2.46. The number of aliphatic carboxylic acids is 1. The molecule has 0 amide bonds. The fourth-order valence-electron chi connectivity index (χ4n) is 2.12. The van der Waals surface area contributed by atoms with Gasteiger partial charge in [-0.3, -0.25) is 4.79 Å². The molecule has 2 aromatic rings. The molecule has 0 aromatic heterocycles. The number of carboxylic acids is 1. The number of ether oxygens (including phenoxy) is 1. The van der Waals surface area contributed by atoms with Crippen molar-refractivity contribution in [1.82, 2.24) is 0 Å². The number of alkyl halides is 3. The SMILES string of the molecule is COc1ccc(-c2cccc(CC(=O)O)c2)cc1OS(=O)(=O)C(F)(F)F. The van der Waals surface area contributed by atoms with Crippen LogP contribution in [0, 0.1) is 0 Å². The number of hydrogen-bond acceptors (Lipinski definition) is 5. The largest absolute Gasteiger partial charge is 0.534 e. The minimum absolute atomic E-state index is 0.205. The quantitative estimate of drug-likeness (QED) is 0.602. The molecule has 0 aliphatic rings. The van der Waals surface area contributed by atoms with Crippen molar-refractivity contribution in [2.45, 2.75) is 11.9 Å². The van der Waals surface area contributed by atoms with Crippen LogP contribution in [-0.4, -0.2) is 32.1 Å². The molecular weight excluding hydrogens is 377 g/mol. The maximum atomic E-state index is 12.5. The lowest BCUT2D eigenvalue weighted by Gasteiger charge is -2.14. The van der Waals surface area contributed by atoms with Crippen LogP contribution in [0.15, 0.2) is 42.5 Å². The Morgan fingerprint density at radius 1 is 1.08 bits per heavy atom. The molecular formula is C16H13F3O6S. The Labute approximate surface area is 146 Å². The maximum absolute atomic E-state index is 12.5. The van der Waals surface area contributed by atoms with E-state index < -0.39 is 27.3 Å². The fraction of sp³-hybridized carbons (Fsp3) is 0.188. The second kappa shape index (κ2) is 7.24. The van der Waals surface area contributed by atoms with Gasteiger partial charge in [-0.25, -0.2) is 0 Å². The van der Waals surface area contributed by atoms with Gasteiger partial charge in [0.2, 0.25) is 0 Å². The van der Waals surface area contributed by atoms with Gasteiger partial charge in [-0.05, 0) is 28.8 Å². The van der Waals surface area contributed by atoms with E-state index in [-0.39, 0.29) is 12.2 Å². The molecule has 0 radical (unpaired) electrons. The molecule has 0 fully saturated rings. The average Bonchev–Trinajstić information content (AvgIpc) is 2.53. The number of halogens is 3. The van der Waals surface area contributed by atoms with E-state index in [1.807, 2.05) is 0 Å². The first-order valence-electron chi connectivity index (χ1n) is 7.03. The van der Waals surface area contributed by atoms with E-state index in [9.17, 15) is 26.4 Å². The zero-order valence-electron chi connectivity index (χ0n) is 13.3. The molecule has 1 N–H and O–H groups in total. The standard InChI is InChI=1S/C16H13F3O6S/c1-24-13-6-5-12(9-14(13)25-26(22,23)16(17,18)19)11-4-2-3-10(7-11)8-15(20)21/h2-7,9H,8H2,1H3,(H,20,21). The zero-order chi connectivity index (χ0) is 19.5. The number of benzene rings is 2. The summed E-state index contributed by atoms with van der Waals surface area (Å²) >= 11 is 0. The van der Waals surface area contributed by atoms with Gasteiger partial charge in [0.15, 0.2) is 11.5 Å². The van der Waals surface area contributed by atoms with Crippen LogP contribution in [0.5, 0.6) is 11.5 Å². The van der Waals surface area contributed by atoms with E-state index in [0.29, 0.717) is 16.7 Å². The van der Waals surface area contributed by atoms with Crippen molar-refractivity contribution < 1.29 is 40.4 Å². The molecule has 2 aromatic carbocycles. The van der Waals surface area contributed by atoms with Crippen LogP contribution in [0.4, 0.5) is 13.2 Å². The molecule has 10 heteroatoms. The first-order valence-corrected chi connectivity index (χ1v) is 8.44. The van der Waals surface area contributed by atoms with Gasteiger partial charge in [0.1, 0.15) is 0 Å². The molecule has 0 bridgehead atoms. The van der Waals surface area contributed by atoms with Crippen molar-refractivity contribution in [3.8, 4) is 22.6 Å². The molecule has 140 valence electrons. The lowest BCUT2D eigenvalue weighted by atomic mass is 10.0. The summed E-state index contributed by atoms with van der Waals surface area (Å²) in [5.74, 6) is -1.88. The highest BCUT2D eigenvalue weighted by molar-refractivity contribution is 7.88. The van der Waals surface area contributed by atoms with Crippen LogP contribution in [0.3, 0.4) is 0 Å². The summed E-state index contributed by atoms with van der Waals surface area (Å²) in [6.07, 6.45) is -0.240. The molecule has 2 rings (SSSR count). The third-order valence-corrected chi connectivity index (χ3v) is 4.23. The van der Waals surface area contributed by atoms with Crippen molar-refractivity contribution in [2.24, 2.45) is 0 Å². The third kappa shape index (κ3) is 4.45. The molecule has 6 nitrogen and oxygen atoms in total. The van der Waals surface area contributed by atoms with Crippen LogP contribution in [-0.2, 0) is 21.3 Å². The van der Waals surface area contributed by atoms with Gasteiger partial charge in [0, 0.05) is 0 Å². The highest BCUT2D eigenvalue weighted by Crippen LogP contribution is 2.36. The lowest BCUT2D eigenvalue weighted by Crippen LogP contribution is -2.28. The van der Waals surface area contributed by atoms with Crippen molar-refractivity contribution in [3.63, 3.8) is 0 Å². The first-order chi connectivity index (χ1) is 12.0. The Hall–Kier alpha value is -2.75. The van der Waals surface area contributed by atoms with E-state index in [1.54, 1.807) is 18.2 Å². The number of methoxy groups -OCH3 is 1. The van der Waals surface area contributed by atoms with E-state index in [4.69, 9.17) is 9.84 Å². The highest BCUT2D eigenvalue weighted by Gasteiger charge is 2.49. The Bertz CT molecular complexity index is 922. The fourth-order valence-corrected chi connectivity index (χ4v) is 2.58. The zero-order valence-corrected chi connectivity index (χ0v) is 14.1. The predicted octanol–water partition coefficient (Wildman–Crippen LogP) is 3.22.